The number of hydrogen-bond acceptors (Lipinski definition) is 6. The lowest BCUT2D eigenvalue weighted by atomic mass is 10.1. The Morgan fingerprint density at radius 2 is 1.97 bits per heavy atom. The van der Waals surface area contributed by atoms with Crippen molar-refractivity contribution in [3.63, 3.8) is 0 Å². The molecule has 0 atom stereocenters. The number of fused-ring (bicyclic) bond motifs is 1. The topological polar surface area (TPSA) is 93.4 Å². The Kier molecular flexibility index (Phi) is 6.71. The summed E-state index contributed by atoms with van der Waals surface area (Å²) in [7, 11) is 1.52. The number of allylic oxidation sites excluding steroid dienone is 1. The fourth-order valence-corrected chi connectivity index (χ4v) is 3.95. The Labute approximate surface area is 203 Å². The molecule has 2 aromatic rings. The first-order chi connectivity index (χ1) is 15.9. The van der Waals surface area contributed by atoms with Gasteiger partial charge in [-0.05, 0) is 58.8 Å². The summed E-state index contributed by atoms with van der Waals surface area (Å²) in [5.74, 6) is 1.74. The Morgan fingerprint density at radius 3 is 2.73 bits per heavy atom. The van der Waals surface area contributed by atoms with Crippen LogP contribution < -0.4 is 14.2 Å². The van der Waals surface area contributed by atoms with Crippen molar-refractivity contribution in [2.45, 2.75) is 6.92 Å². The average molecular weight is 533 g/mol. The molecule has 170 valence electrons. The SMILES string of the molecule is COc1cc(/C=C2/C(=N)N3OC(C)=CC3=NC2=O)cc(Br)c1OCCOc1ccccc1Cl. The summed E-state index contributed by atoms with van der Waals surface area (Å²) in [6.45, 7) is 2.25. The van der Waals surface area contributed by atoms with Crippen molar-refractivity contribution in [2.24, 2.45) is 4.99 Å². The van der Waals surface area contributed by atoms with Gasteiger partial charge in [0.1, 0.15) is 24.7 Å². The van der Waals surface area contributed by atoms with Crippen molar-refractivity contribution >= 4 is 51.2 Å². The van der Waals surface area contributed by atoms with Crippen LogP contribution in [0, 0.1) is 5.41 Å². The fraction of sp³-hybridized carbons (Fsp3) is 0.174. The third-order valence-electron chi connectivity index (χ3n) is 4.67. The highest BCUT2D eigenvalue weighted by Crippen LogP contribution is 2.37. The first-order valence-electron chi connectivity index (χ1n) is 9.85. The van der Waals surface area contributed by atoms with Gasteiger partial charge in [0.05, 0.1) is 22.2 Å². The van der Waals surface area contributed by atoms with Crippen LogP contribution in [0.25, 0.3) is 6.08 Å². The Morgan fingerprint density at radius 1 is 1.21 bits per heavy atom. The highest BCUT2D eigenvalue weighted by Gasteiger charge is 2.34. The molecule has 0 bridgehead atoms. The van der Waals surface area contributed by atoms with Gasteiger partial charge in [0.25, 0.3) is 5.91 Å². The number of nitrogens with one attached hydrogen (secondary N) is 1. The molecular weight excluding hydrogens is 514 g/mol. The summed E-state index contributed by atoms with van der Waals surface area (Å²) in [6, 6.07) is 10.7. The molecule has 0 aliphatic carbocycles. The number of halogens is 2. The van der Waals surface area contributed by atoms with E-state index in [-0.39, 0.29) is 24.6 Å². The molecule has 2 heterocycles. The van der Waals surface area contributed by atoms with Gasteiger partial charge in [-0.3, -0.25) is 10.2 Å². The van der Waals surface area contributed by atoms with E-state index in [9.17, 15) is 4.79 Å². The molecule has 2 aliphatic rings. The predicted octanol–water partition coefficient (Wildman–Crippen LogP) is 5.02. The summed E-state index contributed by atoms with van der Waals surface area (Å²) in [5.41, 5.74) is 0.714. The zero-order chi connectivity index (χ0) is 23.5. The second kappa shape index (κ2) is 9.68. The number of para-hydroxylation sites is 1. The zero-order valence-electron chi connectivity index (χ0n) is 17.7. The number of hydroxylamine groups is 2. The van der Waals surface area contributed by atoms with Crippen LogP contribution in [0.1, 0.15) is 12.5 Å². The second-order valence-corrected chi connectivity index (χ2v) is 8.25. The summed E-state index contributed by atoms with van der Waals surface area (Å²) >= 11 is 9.58. The maximum Gasteiger partial charge on any atom is 0.282 e. The van der Waals surface area contributed by atoms with Crippen molar-refractivity contribution in [2.75, 3.05) is 20.3 Å². The number of benzene rings is 2. The number of nitrogens with zero attached hydrogens (tertiary/aromatic N) is 2. The molecule has 0 aromatic heterocycles. The summed E-state index contributed by atoms with van der Waals surface area (Å²) in [4.78, 5) is 21.9. The van der Waals surface area contributed by atoms with Crippen molar-refractivity contribution in [3.8, 4) is 17.2 Å². The van der Waals surface area contributed by atoms with Gasteiger partial charge in [0.15, 0.2) is 23.2 Å². The minimum atomic E-state index is -0.520. The van der Waals surface area contributed by atoms with E-state index < -0.39 is 5.91 Å². The van der Waals surface area contributed by atoms with Gasteiger partial charge in [0.2, 0.25) is 0 Å². The highest BCUT2D eigenvalue weighted by atomic mass is 79.9. The van der Waals surface area contributed by atoms with E-state index in [0.717, 1.165) is 0 Å². The monoisotopic (exact) mass is 531 g/mol. The van der Waals surface area contributed by atoms with Gasteiger partial charge in [0, 0.05) is 6.08 Å². The van der Waals surface area contributed by atoms with Crippen LogP contribution in [-0.2, 0) is 9.63 Å². The smallest absolute Gasteiger partial charge is 0.282 e. The Balaban J connectivity index is 1.49. The normalized spacial score (nSPS) is 16.2. The van der Waals surface area contributed by atoms with Crippen LogP contribution in [-0.4, -0.2) is 43.0 Å². The number of methoxy groups -OCH3 is 1. The number of hydrogen-bond donors (Lipinski definition) is 1. The second-order valence-electron chi connectivity index (χ2n) is 6.98. The molecule has 2 aromatic carbocycles. The lowest BCUT2D eigenvalue weighted by molar-refractivity contribution is -0.114. The first-order valence-corrected chi connectivity index (χ1v) is 11.0. The first kappa shape index (κ1) is 22.9. The fourth-order valence-electron chi connectivity index (χ4n) is 3.19. The molecule has 1 N–H and O–H groups in total. The summed E-state index contributed by atoms with van der Waals surface area (Å²) in [5, 5.41) is 10.1. The molecule has 0 saturated heterocycles. The third-order valence-corrected chi connectivity index (χ3v) is 5.57. The van der Waals surface area contributed by atoms with Crippen LogP contribution in [0.5, 0.6) is 17.2 Å². The van der Waals surface area contributed by atoms with E-state index in [4.69, 9.17) is 36.1 Å². The number of ether oxygens (including phenoxy) is 3. The van der Waals surface area contributed by atoms with Gasteiger partial charge >= 0.3 is 0 Å². The number of amidine groups is 2. The molecule has 4 rings (SSSR count). The van der Waals surface area contributed by atoms with Crippen LogP contribution in [0.4, 0.5) is 0 Å². The predicted molar refractivity (Wildman–Crippen MR) is 128 cm³/mol. The number of aliphatic imine (C=N–C) groups is 1. The molecular formula is C23H19BrClN3O5. The highest BCUT2D eigenvalue weighted by molar-refractivity contribution is 9.10. The molecule has 2 aliphatic heterocycles. The van der Waals surface area contributed by atoms with Crippen LogP contribution >= 0.6 is 27.5 Å². The molecule has 0 spiro atoms. The van der Waals surface area contributed by atoms with Gasteiger partial charge < -0.3 is 19.0 Å². The quantitative estimate of drug-likeness (QED) is 0.398. The minimum Gasteiger partial charge on any atom is -0.493 e. The maximum atomic E-state index is 12.5. The lowest BCUT2D eigenvalue weighted by Crippen LogP contribution is -2.38. The van der Waals surface area contributed by atoms with E-state index in [0.29, 0.717) is 43.9 Å². The van der Waals surface area contributed by atoms with E-state index >= 15 is 0 Å². The van der Waals surface area contributed by atoms with Crippen molar-refractivity contribution < 1.29 is 23.8 Å². The van der Waals surface area contributed by atoms with E-state index in [1.54, 1.807) is 43.3 Å². The van der Waals surface area contributed by atoms with Gasteiger partial charge in [-0.15, -0.1) is 5.06 Å². The average Bonchev–Trinajstić information content (AvgIpc) is 3.16. The summed E-state index contributed by atoms with van der Waals surface area (Å²) < 4.78 is 17.6. The zero-order valence-corrected chi connectivity index (χ0v) is 20.1. The van der Waals surface area contributed by atoms with Crippen molar-refractivity contribution in [3.05, 3.63) is 68.9 Å². The number of carbonyl (C=O) groups excluding carboxylic acids is 1. The van der Waals surface area contributed by atoms with Gasteiger partial charge in [-0.1, -0.05) is 23.7 Å². The molecule has 8 nitrogen and oxygen atoms in total. The molecule has 33 heavy (non-hydrogen) atoms. The van der Waals surface area contributed by atoms with E-state index in [1.165, 1.54) is 12.2 Å². The number of amides is 1. The number of rotatable bonds is 7. The molecule has 0 unspecified atom stereocenters. The van der Waals surface area contributed by atoms with E-state index in [1.807, 2.05) is 12.1 Å². The minimum absolute atomic E-state index is 0.0924. The molecule has 0 saturated carbocycles. The van der Waals surface area contributed by atoms with Crippen LogP contribution in [0.3, 0.4) is 0 Å². The maximum absolute atomic E-state index is 12.5. The Hall–Kier alpha value is -3.30. The van der Waals surface area contributed by atoms with Crippen molar-refractivity contribution in [1.82, 2.24) is 5.06 Å². The molecule has 10 heteroatoms. The summed E-state index contributed by atoms with van der Waals surface area (Å²) in [6.07, 6.45) is 3.16. The van der Waals surface area contributed by atoms with Crippen LogP contribution in [0.2, 0.25) is 5.02 Å². The molecule has 0 fully saturated rings. The van der Waals surface area contributed by atoms with Gasteiger partial charge in [-0.2, -0.15) is 4.99 Å². The lowest BCUT2D eigenvalue weighted by Gasteiger charge is -2.23. The standard InChI is InChI=1S/C23H19BrClN3O5/c1-13-9-20-27-23(29)15(22(26)28(20)33-13)10-14-11-16(24)21(19(12-14)30-2)32-8-7-31-18-6-4-3-5-17(18)25/h3-6,9-12,26H,7-8H2,1-2H3/b15-10-,26-22?. The molecule has 0 radical (unpaired) electrons. The van der Waals surface area contributed by atoms with E-state index in [2.05, 4.69) is 20.9 Å². The third kappa shape index (κ3) is 4.89. The molecule has 1 amide bonds. The number of carbonyl (C=O) groups is 1. The largest absolute Gasteiger partial charge is 0.493 e. The van der Waals surface area contributed by atoms with Gasteiger partial charge in [-0.25, -0.2) is 0 Å². The van der Waals surface area contributed by atoms with Crippen LogP contribution in [0.15, 0.2) is 63.3 Å². The van der Waals surface area contributed by atoms with Crippen molar-refractivity contribution in [1.29, 1.82) is 5.41 Å². The Bertz CT molecular complexity index is 1220.